The number of halogens is 1. The van der Waals surface area contributed by atoms with Gasteiger partial charge < -0.3 is 4.98 Å². The number of aromatic nitrogens is 3. The van der Waals surface area contributed by atoms with Crippen LogP contribution in [-0.4, -0.2) is 20.4 Å². The highest BCUT2D eigenvalue weighted by molar-refractivity contribution is 7.71. The van der Waals surface area contributed by atoms with E-state index in [9.17, 15) is 14.0 Å². The number of carbonyl (C=O) groups is 1. The summed E-state index contributed by atoms with van der Waals surface area (Å²) in [5, 5.41) is 3.64. The molecule has 9 heteroatoms. The quantitative estimate of drug-likeness (QED) is 0.327. The number of amides is 1. The fourth-order valence-electron chi connectivity index (χ4n) is 3.19. The zero-order chi connectivity index (χ0) is 22.1. The minimum absolute atomic E-state index is 0.245. The molecule has 0 saturated heterocycles. The van der Waals surface area contributed by atoms with Crippen LogP contribution in [0.5, 0.6) is 0 Å². The second-order valence-electron chi connectivity index (χ2n) is 6.78. The number of allylic oxidation sites excluding steroid dienone is 1. The van der Waals surface area contributed by atoms with Crippen molar-refractivity contribution in [2.45, 2.75) is 13.5 Å². The summed E-state index contributed by atoms with van der Waals surface area (Å²) in [4.78, 5) is 33.7. The molecule has 2 heterocycles. The van der Waals surface area contributed by atoms with E-state index in [2.05, 4.69) is 21.9 Å². The molecule has 0 bridgehead atoms. The van der Waals surface area contributed by atoms with Crippen molar-refractivity contribution in [3.8, 4) is 11.3 Å². The first-order valence-corrected chi connectivity index (χ1v) is 10.5. The maximum absolute atomic E-state index is 13.2. The van der Waals surface area contributed by atoms with Crippen LogP contribution in [0.15, 0.2) is 59.9 Å². The number of nitrogens with one attached hydrogen (secondary N) is 2. The molecule has 0 spiro atoms. The van der Waals surface area contributed by atoms with Crippen molar-refractivity contribution >= 4 is 45.5 Å². The number of fused-ring (bicyclic) bond motifs is 1. The smallest absolute Gasteiger partial charge is 0.262 e. The largest absolute Gasteiger partial charge is 0.332 e. The molecule has 4 aromatic rings. The molecule has 4 rings (SSSR count). The monoisotopic (exact) mass is 452 g/mol. The van der Waals surface area contributed by atoms with Gasteiger partial charge in [0, 0.05) is 22.5 Å². The van der Waals surface area contributed by atoms with E-state index in [1.165, 1.54) is 28.0 Å². The fourth-order valence-corrected chi connectivity index (χ4v) is 4.28. The van der Waals surface area contributed by atoms with Gasteiger partial charge in [-0.05, 0) is 61.6 Å². The summed E-state index contributed by atoms with van der Waals surface area (Å²) in [6, 6.07) is 10.8. The number of hydrogen-bond donors (Lipinski definition) is 2. The molecule has 156 valence electrons. The van der Waals surface area contributed by atoms with E-state index in [1.807, 2.05) is 6.92 Å². The number of rotatable bonds is 5. The molecule has 2 N–H and O–H groups in total. The van der Waals surface area contributed by atoms with Crippen LogP contribution in [0, 0.1) is 17.5 Å². The Balaban J connectivity index is 1.63. The van der Waals surface area contributed by atoms with Crippen molar-refractivity contribution in [2.24, 2.45) is 0 Å². The van der Waals surface area contributed by atoms with Gasteiger partial charge in [-0.2, -0.15) is 0 Å². The summed E-state index contributed by atoms with van der Waals surface area (Å²) < 4.78 is 14.8. The molecule has 0 aliphatic heterocycles. The molecular weight excluding hydrogens is 435 g/mol. The summed E-state index contributed by atoms with van der Waals surface area (Å²) in [5.41, 5.74) is 2.04. The molecule has 0 aliphatic carbocycles. The van der Waals surface area contributed by atoms with Crippen molar-refractivity contribution in [3.63, 3.8) is 0 Å². The topological polar surface area (TPSA) is 79.8 Å². The summed E-state index contributed by atoms with van der Waals surface area (Å²) in [6.45, 7) is 5.82. The van der Waals surface area contributed by atoms with Crippen LogP contribution in [0.2, 0.25) is 0 Å². The third kappa shape index (κ3) is 4.10. The molecule has 6 nitrogen and oxygen atoms in total. The van der Waals surface area contributed by atoms with Gasteiger partial charge in [0.05, 0.1) is 16.6 Å². The number of H-pyrrole nitrogens is 1. The van der Waals surface area contributed by atoms with Gasteiger partial charge in [0.2, 0.25) is 0 Å². The SMILES string of the molecule is C=CCn1c(=S)[nH]c2cc(C(=O)Nc3nc(-c4ccc(F)cc4)c(C)s3)ccc2c1=O. The van der Waals surface area contributed by atoms with E-state index in [1.54, 1.807) is 36.4 Å². The number of anilines is 1. The number of carbonyl (C=O) groups excluding carboxylic acids is 1. The van der Waals surface area contributed by atoms with E-state index >= 15 is 0 Å². The van der Waals surface area contributed by atoms with Crippen LogP contribution in [0.3, 0.4) is 0 Å². The van der Waals surface area contributed by atoms with E-state index in [0.717, 1.165) is 10.4 Å². The lowest BCUT2D eigenvalue weighted by atomic mass is 10.1. The molecule has 0 radical (unpaired) electrons. The zero-order valence-electron chi connectivity index (χ0n) is 16.4. The van der Waals surface area contributed by atoms with Gasteiger partial charge in [0.15, 0.2) is 9.90 Å². The van der Waals surface area contributed by atoms with Crippen LogP contribution in [0.4, 0.5) is 9.52 Å². The lowest BCUT2D eigenvalue weighted by Gasteiger charge is -2.07. The highest BCUT2D eigenvalue weighted by Gasteiger charge is 2.15. The average molecular weight is 453 g/mol. The molecule has 2 aromatic carbocycles. The Labute approximate surface area is 185 Å². The highest BCUT2D eigenvalue weighted by atomic mass is 32.1. The summed E-state index contributed by atoms with van der Waals surface area (Å²) in [7, 11) is 0. The van der Waals surface area contributed by atoms with Gasteiger partial charge in [-0.25, -0.2) is 9.37 Å². The number of aryl methyl sites for hydroxylation is 1. The zero-order valence-corrected chi connectivity index (χ0v) is 18.1. The Hall–Kier alpha value is -3.43. The first kappa shape index (κ1) is 20.8. The van der Waals surface area contributed by atoms with Crippen LogP contribution >= 0.6 is 23.6 Å². The predicted octanol–water partition coefficient (Wildman–Crippen LogP) is 5.07. The van der Waals surface area contributed by atoms with E-state index in [-0.39, 0.29) is 22.1 Å². The predicted molar refractivity (Wildman–Crippen MR) is 124 cm³/mol. The molecule has 0 atom stereocenters. The van der Waals surface area contributed by atoms with E-state index in [0.29, 0.717) is 33.8 Å². The van der Waals surface area contributed by atoms with E-state index < -0.39 is 0 Å². The van der Waals surface area contributed by atoms with Crippen LogP contribution < -0.4 is 10.9 Å². The lowest BCUT2D eigenvalue weighted by Crippen LogP contribution is -2.22. The lowest BCUT2D eigenvalue weighted by molar-refractivity contribution is 0.102. The number of hydrogen-bond acceptors (Lipinski definition) is 5. The second-order valence-corrected chi connectivity index (χ2v) is 8.37. The number of aromatic amines is 1. The summed E-state index contributed by atoms with van der Waals surface area (Å²) >= 11 is 6.57. The summed E-state index contributed by atoms with van der Waals surface area (Å²) in [6.07, 6.45) is 1.59. The highest BCUT2D eigenvalue weighted by Crippen LogP contribution is 2.30. The minimum atomic E-state index is -0.365. The summed E-state index contributed by atoms with van der Waals surface area (Å²) in [5.74, 6) is -0.687. The third-order valence-electron chi connectivity index (χ3n) is 4.69. The maximum Gasteiger partial charge on any atom is 0.262 e. The van der Waals surface area contributed by atoms with Crippen LogP contribution in [-0.2, 0) is 6.54 Å². The molecule has 0 saturated carbocycles. The second kappa shape index (κ2) is 8.37. The first-order valence-electron chi connectivity index (χ1n) is 9.30. The van der Waals surface area contributed by atoms with Crippen molar-refractivity contribution in [1.29, 1.82) is 0 Å². The van der Waals surface area contributed by atoms with Gasteiger partial charge in [-0.3, -0.25) is 19.5 Å². The van der Waals surface area contributed by atoms with Crippen molar-refractivity contribution in [3.05, 3.63) is 86.5 Å². The maximum atomic E-state index is 13.2. The van der Waals surface area contributed by atoms with Gasteiger partial charge >= 0.3 is 0 Å². The molecule has 1 amide bonds. The molecule has 0 fully saturated rings. The number of thiazole rings is 1. The first-order chi connectivity index (χ1) is 14.9. The third-order valence-corrected chi connectivity index (χ3v) is 5.90. The van der Waals surface area contributed by atoms with Crippen LogP contribution in [0.25, 0.3) is 22.2 Å². The Kier molecular flexibility index (Phi) is 5.62. The molecule has 0 aliphatic rings. The molecule has 2 aromatic heterocycles. The Morgan fingerprint density at radius 1 is 1.32 bits per heavy atom. The van der Waals surface area contributed by atoms with Crippen molar-refractivity contribution in [1.82, 2.24) is 14.5 Å². The molecule has 0 unspecified atom stereocenters. The van der Waals surface area contributed by atoms with Crippen molar-refractivity contribution in [2.75, 3.05) is 5.32 Å². The molecular formula is C22H17FN4O2S2. The fraction of sp³-hybridized carbons (Fsp3) is 0.0909. The Morgan fingerprint density at radius 3 is 2.77 bits per heavy atom. The van der Waals surface area contributed by atoms with E-state index in [4.69, 9.17) is 12.2 Å². The Bertz CT molecular complexity index is 1430. The van der Waals surface area contributed by atoms with Crippen LogP contribution in [0.1, 0.15) is 15.2 Å². The normalized spacial score (nSPS) is 10.9. The number of benzene rings is 2. The van der Waals surface area contributed by atoms with Gasteiger partial charge in [-0.15, -0.1) is 17.9 Å². The Morgan fingerprint density at radius 2 is 2.06 bits per heavy atom. The van der Waals surface area contributed by atoms with Gasteiger partial charge in [0.25, 0.3) is 11.5 Å². The number of nitrogens with zero attached hydrogens (tertiary/aromatic N) is 2. The van der Waals surface area contributed by atoms with Gasteiger partial charge in [0.1, 0.15) is 5.82 Å². The average Bonchev–Trinajstić information content (AvgIpc) is 3.11. The van der Waals surface area contributed by atoms with Crippen molar-refractivity contribution < 1.29 is 9.18 Å². The molecule has 31 heavy (non-hydrogen) atoms. The van der Waals surface area contributed by atoms with Gasteiger partial charge in [-0.1, -0.05) is 6.08 Å². The minimum Gasteiger partial charge on any atom is -0.332 e. The standard InChI is InChI=1S/C22H17FN4O2S2/c1-3-10-27-20(29)16-9-6-14(11-17(16)24-22(27)30)19(28)26-21-25-18(12(2)31-21)13-4-7-15(23)8-5-13/h3-9,11H,1,10H2,2H3,(H,24,30)(H,25,26,28).